The molecule has 0 aliphatic carbocycles. The number of halogens is 4. The first kappa shape index (κ1) is 21.6. The van der Waals surface area contributed by atoms with Gasteiger partial charge in [-0.3, -0.25) is 4.79 Å². The van der Waals surface area contributed by atoms with Gasteiger partial charge in [-0.1, -0.05) is 17.7 Å². The predicted octanol–water partition coefficient (Wildman–Crippen LogP) is 4.70. The third-order valence-corrected chi connectivity index (χ3v) is 6.91. The molecule has 1 aliphatic rings. The quantitative estimate of drug-likeness (QED) is 0.740. The number of rotatable bonds is 4. The van der Waals surface area contributed by atoms with Crippen molar-refractivity contribution in [1.82, 2.24) is 4.31 Å². The first-order valence-corrected chi connectivity index (χ1v) is 10.6. The van der Waals surface area contributed by atoms with Gasteiger partial charge in [-0.05, 0) is 55.7 Å². The highest BCUT2D eigenvalue weighted by Gasteiger charge is 2.33. The summed E-state index contributed by atoms with van der Waals surface area (Å²) in [4.78, 5) is 12.5. The number of nitrogens with one attached hydrogen (secondary N) is 1. The molecule has 2 aromatic carbocycles. The maximum absolute atomic E-state index is 13.1. The molecule has 1 amide bonds. The molecular weight excluding hydrogens is 429 g/mol. The molecule has 1 fully saturated rings. The van der Waals surface area contributed by atoms with Crippen LogP contribution in [-0.2, 0) is 16.2 Å². The fourth-order valence-corrected chi connectivity index (χ4v) is 4.87. The van der Waals surface area contributed by atoms with Gasteiger partial charge in [0.25, 0.3) is 5.91 Å². The van der Waals surface area contributed by atoms with Crippen molar-refractivity contribution < 1.29 is 26.4 Å². The average Bonchev–Trinajstić information content (AvgIpc) is 3.18. The Labute approximate surface area is 171 Å². The lowest BCUT2D eigenvalue weighted by Crippen LogP contribution is -2.28. The van der Waals surface area contributed by atoms with Crippen molar-refractivity contribution >= 4 is 33.2 Å². The molecule has 3 rings (SSSR count). The molecule has 1 N–H and O–H groups in total. The summed E-state index contributed by atoms with van der Waals surface area (Å²) in [5.41, 5.74) is -1.06. The minimum atomic E-state index is -4.56. The Kier molecular flexibility index (Phi) is 5.93. The van der Waals surface area contributed by atoms with Crippen molar-refractivity contribution in [2.24, 2.45) is 0 Å². The van der Waals surface area contributed by atoms with Crippen molar-refractivity contribution in [3.8, 4) is 0 Å². The van der Waals surface area contributed by atoms with Crippen molar-refractivity contribution in [2.75, 3.05) is 18.4 Å². The highest BCUT2D eigenvalue weighted by atomic mass is 35.5. The second-order valence-electron chi connectivity index (χ2n) is 6.73. The van der Waals surface area contributed by atoms with E-state index in [9.17, 15) is 26.4 Å². The summed E-state index contributed by atoms with van der Waals surface area (Å²) >= 11 is 6.05. The van der Waals surface area contributed by atoms with Crippen molar-refractivity contribution in [3.63, 3.8) is 0 Å². The van der Waals surface area contributed by atoms with E-state index >= 15 is 0 Å². The molecule has 0 saturated carbocycles. The topological polar surface area (TPSA) is 66.5 Å². The van der Waals surface area contributed by atoms with Crippen molar-refractivity contribution in [3.05, 3.63) is 58.1 Å². The highest BCUT2D eigenvalue weighted by Crippen LogP contribution is 2.34. The number of carbonyl (C=O) groups is 1. The normalized spacial score (nSPS) is 15.5. The van der Waals surface area contributed by atoms with Gasteiger partial charge in [-0.25, -0.2) is 8.42 Å². The summed E-state index contributed by atoms with van der Waals surface area (Å²) in [7, 11) is -3.77. The van der Waals surface area contributed by atoms with Gasteiger partial charge >= 0.3 is 6.18 Å². The maximum atomic E-state index is 13.1. The van der Waals surface area contributed by atoms with E-state index in [1.54, 1.807) is 0 Å². The van der Waals surface area contributed by atoms with Crippen LogP contribution in [0.5, 0.6) is 0 Å². The zero-order chi connectivity index (χ0) is 21.4. The minimum Gasteiger partial charge on any atom is -0.322 e. The number of nitrogens with zero attached hydrogens (tertiary/aromatic N) is 1. The van der Waals surface area contributed by atoms with E-state index in [-0.39, 0.29) is 26.7 Å². The van der Waals surface area contributed by atoms with Crippen LogP contribution in [0.15, 0.2) is 41.3 Å². The first-order valence-electron chi connectivity index (χ1n) is 8.79. The lowest BCUT2D eigenvalue weighted by molar-refractivity contribution is -0.138. The van der Waals surface area contributed by atoms with E-state index in [1.165, 1.54) is 35.5 Å². The van der Waals surface area contributed by atoms with Crippen LogP contribution >= 0.6 is 11.6 Å². The number of sulfonamides is 1. The molecule has 0 bridgehead atoms. The number of aryl methyl sites for hydroxylation is 1. The second kappa shape index (κ2) is 7.97. The van der Waals surface area contributed by atoms with Crippen LogP contribution in [0.25, 0.3) is 0 Å². The van der Waals surface area contributed by atoms with E-state index in [0.717, 1.165) is 25.0 Å². The van der Waals surface area contributed by atoms with Gasteiger partial charge in [0, 0.05) is 18.8 Å². The van der Waals surface area contributed by atoms with E-state index in [2.05, 4.69) is 5.32 Å². The molecule has 10 heteroatoms. The van der Waals surface area contributed by atoms with Crippen molar-refractivity contribution in [1.29, 1.82) is 0 Å². The van der Waals surface area contributed by atoms with Gasteiger partial charge < -0.3 is 5.32 Å². The minimum absolute atomic E-state index is 0.00831. The summed E-state index contributed by atoms with van der Waals surface area (Å²) in [6.07, 6.45) is -3.05. The molecule has 1 heterocycles. The molecule has 1 saturated heterocycles. The smallest absolute Gasteiger partial charge is 0.322 e. The lowest BCUT2D eigenvalue weighted by atomic mass is 10.1. The van der Waals surface area contributed by atoms with Crippen LogP contribution < -0.4 is 5.32 Å². The zero-order valence-electron chi connectivity index (χ0n) is 15.4. The Morgan fingerprint density at radius 3 is 2.38 bits per heavy atom. The van der Waals surface area contributed by atoms with Gasteiger partial charge in [0.05, 0.1) is 21.0 Å². The summed E-state index contributed by atoms with van der Waals surface area (Å²) in [5.74, 6) is -0.801. The van der Waals surface area contributed by atoms with Gasteiger partial charge in [0.15, 0.2) is 0 Å². The lowest BCUT2D eigenvalue weighted by Gasteiger charge is -2.17. The van der Waals surface area contributed by atoms with Gasteiger partial charge in [0.1, 0.15) is 0 Å². The molecule has 156 valence electrons. The van der Waals surface area contributed by atoms with Crippen LogP contribution in [0.2, 0.25) is 5.02 Å². The van der Waals surface area contributed by atoms with Gasteiger partial charge in [-0.15, -0.1) is 0 Å². The molecule has 0 spiro atoms. The van der Waals surface area contributed by atoms with Crippen molar-refractivity contribution in [2.45, 2.75) is 30.8 Å². The van der Waals surface area contributed by atoms with Crippen LogP contribution in [0.1, 0.15) is 34.3 Å². The number of amides is 1. The SMILES string of the molecule is Cc1ccc(NC(=O)c2cc(S(=O)(=O)N3CCCC3)ccc2Cl)cc1C(F)(F)F. The average molecular weight is 447 g/mol. The summed E-state index contributed by atoms with van der Waals surface area (Å²) in [6.45, 7) is 2.12. The Morgan fingerprint density at radius 2 is 1.76 bits per heavy atom. The molecule has 0 unspecified atom stereocenters. The van der Waals surface area contributed by atoms with Gasteiger partial charge in [0.2, 0.25) is 10.0 Å². The van der Waals surface area contributed by atoms with Crippen LogP contribution in [0.3, 0.4) is 0 Å². The molecule has 0 aromatic heterocycles. The first-order chi connectivity index (χ1) is 13.5. The fraction of sp³-hybridized carbons (Fsp3) is 0.316. The Balaban J connectivity index is 1.90. The van der Waals surface area contributed by atoms with E-state index in [0.29, 0.717) is 13.1 Å². The second-order valence-corrected chi connectivity index (χ2v) is 9.08. The summed E-state index contributed by atoms with van der Waals surface area (Å²) in [5, 5.41) is 2.35. The Hall–Kier alpha value is -2.10. The van der Waals surface area contributed by atoms with Crippen LogP contribution in [-0.4, -0.2) is 31.7 Å². The zero-order valence-corrected chi connectivity index (χ0v) is 17.0. The van der Waals surface area contributed by atoms with E-state index in [1.807, 2.05) is 0 Å². The number of alkyl halides is 3. The number of hydrogen-bond donors (Lipinski definition) is 1. The number of hydrogen-bond acceptors (Lipinski definition) is 3. The highest BCUT2D eigenvalue weighted by molar-refractivity contribution is 7.89. The molecule has 0 radical (unpaired) electrons. The maximum Gasteiger partial charge on any atom is 0.416 e. The summed E-state index contributed by atoms with van der Waals surface area (Å²) < 4.78 is 66.0. The molecule has 2 aromatic rings. The van der Waals surface area contributed by atoms with Crippen LogP contribution in [0.4, 0.5) is 18.9 Å². The molecule has 5 nitrogen and oxygen atoms in total. The third kappa shape index (κ3) is 4.57. The van der Waals surface area contributed by atoms with E-state index in [4.69, 9.17) is 11.6 Å². The van der Waals surface area contributed by atoms with Crippen LogP contribution in [0, 0.1) is 6.92 Å². The third-order valence-electron chi connectivity index (χ3n) is 4.69. The fourth-order valence-electron chi connectivity index (χ4n) is 3.12. The molecule has 29 heavy (non-hydrogen) atoms. The van der Waals surface area contributed by atoms with E-state index < -0.39 is 27.7 Å². The number of carbonyl (C=O) groups excluding carboxylic acids is 1. The van der Waals surface area contributed by atoms with Gasteiger partial charge in [-0.2, -0.15) is 17.5 Å². The predicted molar refractivity (Wildman–Crippen MR) is 104 cm³/mol. The monoisotopic (exact) mass is 446 g/mol. The molecular formula is C19H18ClF3N2O3S. The summed E-state index contributed by atoms with van der Waals surface area (Å²) in [6, 6.07) is 7.14. The Bertz CT molecular complexity index is 1050. The Morgan fingerprint density at radius 1 is 1.10 bits per heavy atom. The number of benzene rings is 2. The molecule has 1 aliphatic heterocycles. The molecule has 0 atom stereocenters. The number of anilines is 1. The largest absolute Gasteiger partial charge is 0.416 e. The standard InChI is InChI=1S/C19H18ClF3N2O3S/c1-12-4-5-13(10-16(12)19(21,22)23)24-18(26)15-11-14(6-7-17(15)20)29(27,28)25-8-2-3-9-25/h4-7,10-11H,2-3,8-9H2,1H3,(H,24,26).